The fourth-order valence-electron chi connectivity index (χ4n) is 3.48. The van der Waals surface area contributed by atoms with E-state index >= 15 is 0 Å². The van der Waals surface area contributed by atoms with Crippen molar-refractivity contribution >= 4 is 11.8 Å². The van der Waals surface area contributed by atoms with Crippen LogP contribution in [0.4, 0.5) is 0 Å². The molecule has 2 amide bonds. The molecule has 146 valence electrons. The largest absolute Gasteiger partial charge is 0.348 e. The first-order valence-corrected chi connectivity index (χ1v) is 9.35. The van der Waals surface area contributed by atoms with Crippen molar-refractivity contribution in [3.8, 4) is 0 Å². The summed E-state index contributed by atoms with van der Waals surface area (Å²) in [6.45, 7) is 2.70. The summed E-state index contributed by atoms with van der Waals surface area (Å²) >= 11 is 0. The van der Waals surface area contributed by atoms with Gasteiger partial charge >= 0.3 is 0 Å². The molecule has 4 heterocycles. The van der Waals surface area contributed by atoms with Crippen molar-refractivity contribution in [3.63, 3.8) is 0 Å². The first-order valence-electron chi connectivity index (χ1n) is 9.35. The summed E-state index contributed by atoms with van der Waals surface area (Å²) in [4.78, 5) is 35.0. The van der Waals surface area contributed by atoms with E-state index in [0.29, 0.717) is 56.8 Å². The highest BCUT2D eigenvalue weighted by atomic mass is 16.7. The summed E-state index contributed by atoms with van der Waals surface area (Å²) in [6.07, 6.45) is 7.61. The summed E-state index contributed by atoms with van der Waals surface area (Å²) < 4.78 is 11.4. The van der Waals surface area contributed by atoms with Crippen LogP contribution in [0.3, 0.4) is 0 Å². The third-order valence-corrected chi connectivity index (χ3v) is 5.08. The lowest BCUT2D eigenvalue weighted by atomic mass is 10.0. The number of ether oxygens (including phenoxy) is 2. The van der Waals surface area contributed by atoms with Crippen molar-refractivity contribution in [2.24, 2.45) is 0 Å². The average molecular weight is 382 g/mol. The molecule has 8 nitrogen and oxygen atoms in total. The number of nitrogens with zero attached hydrogens (tertiary/aromatic N) is 3. The molecule has 2 aromatic rings. The molecule has 0 radical (unpaired) electrons. The van der Waals surface area contributed by atoms with Crippen LogP contribution in [0.15, 0.2) is 43.0 Å². The number of nitrogens with one attached hydrogen (secondary N) is 1. The highest BCUT2D eigenvalue weighted by molar-refractivity contribution is 5.99. The van der Waals surface area contributed by atoms with E-state index in [1.165, 1.54) is 12.4 Å². The molecule has 0 atom stereocenters. The van der Waals surface area contributed by atoms with Crippen LogP contribution >= 0.6 is 0 Å². The Balaban J connectivity index is 1.37. The Morgan fingerprint density at radius 1 is 1.04 bits per heavy atom. The first-order chi connectivity index (χ1) is 13.7. The van der Waals surface area contributed by atoms with Crippen LogP contribution in [0, 0.1) is 0 Å². The second-order valence-corrected chi connectivity index (χ2v) is 6.90. The number of aromatic nitrogens is 2. The molecule has 4 rings (SSSR count). The average Bonchev–Trinajstić information content (AvgIpc) is 3.21. The molecular weight excluding hydrogens is 360 g/mol. The number of hydrogen-bond donors (Lipinski definition) is 1. The summed E-state index contributed by atoms with van der Waals surface area (Å²) in [5.41, 5.74) is 1.71. The molecule has 2 fully saturated rings. The molecule has 0 unspecified atom stereocenters. The molecule has 1 spiro atoms. The van der Waals surface area contributed by atoms with E-state index in [0.717, 1.165) is 5.56 Å². The van der Waals surface area contributed by atoms with Gasteiger partial charge in [0.25, 0.3) is 11.8 Å². The predicted octanol–water partition coefficient (Wildman–Crippen LogP) is 1.39. The Bertz CT molecular complexity index is 842. The fourth-order valence-corrected chi connectivity index (χ4v) is 3.48. The van der Waals surface area contributed by atoms with Gasteiger partial charge in [0, 0.05) is 57.3 Å². The molecule has 1 N–H and O–H groups in total. The maximum absolute atomic E-state index is 12.8. The SMILES string of the molecule is O=C(NCc1ccncc1)c1cncc(C(=O)N2CCC3(CC2)OCCO3)c1. The van der Waals surface area contributed by atoms with Gasteiger partial charge in [0.2, 0.25) is 0 Å². The minimum atomic E-state index is -0.524. The van der Waals surface area contributed by atoms with E-state index in [9.17, 15) is 9.59 Å². The Labute approximate surface area is 162 Å². The Morgan fingerprint density at radius 2 is 1.71 bits per heavy atom. The monoisotopic (exact) mass is 382 g/mol. The van der Waals surface area contributed by atoms with Crippen molar-refractivity contribution in [2.45, 2.75) is 25.2 Å². The van der Waals surface area contributed by atoms with Crippen LogP contribution in [0.1, 0.15) is 39.1 Å². The lowest BCUT2D eigenvalue weighted by molar-refractivity contribution is -0.181. The van der Waals surface area contributed by atoms with Gasteiger partial charge in [0.15, 0.2) is 5.79 Å². The second kappa shape index (κ2) is 8.04. The normalized spacial score (nSPS) is 18.2. The lowest BCUT2D eigenvalue weighted by Gasteiger charge is -2.37. The van der Waals surface area contributed by atoms with Crippen molar-refractivity contribution in [2.75, 3.05) is 26.3 Å². The van der Waals surface area contributed by atoms with E-state index in [4.69, 9.17) is 9.47 Å². The third kappa shape index (κ3) is 4.02. The van der Waals surface area contributed by atoms with Gasteiger partial charge in [-0.2, -0.15) is 0 Å². The molecule has 2 saturated heterocycles. The summed E-state index contributed by atoms with van der Waals surface area (Å²) in [6, 6.07) is 5.25. The molecule has 2 aromatic heterocycles. The standard InChI is InChI=1S/C20H22N4O4/c25-18(23-12-15-1-5-21-6-2-15)16-11-17(14-22-13-16)19(26)24-7-3-20(4-8-24)27-9-10-28-20/h1-2,5-6,11,13-14H,3-4,7-10,12H2,(H,23,25). The van der Waals surface area contributed by atoms with Crippen LogP contribution in [0.25, 0.3) is 0 Å². The molecular formula is C20H22N4O4. The smallest absolute Gasteiger partial charge is 0.255 e. The minimum Gasteiger partial charge on any atom is -0.348 e. The van der Waals surface area contributed by atoms with Gasteiger partial charge in [-0.25, -0.2) is 0 Å². The Kier molecular flexibility index (Phi) is 5.31. The quantitative estimate of drug-likeness (QED) is 0.859. The number of pyridine rings is 2. The van der Waals surface area contributed by atoms with E-state index in [2.05, 4.69) is 15.3 Å². The molecule has 0 aromatic carbocycles. The Hall–Kier alpha value is -2.84. The van der Waals surface area contributed by atoms with Gasteiger partial charge in [-0.15, -0.1) is 0 Å². The van der Waals surface area contributed by atoms with Gasteiger partial charge in [-0.1, -0.05) is 0 Å². The van der Waals surface area contributed by atoms with Crippen LogP contribution in [0.2, 0.25) is 0 Å². The van der Waals surface area contributed by atoms with Crippen LogP contribution in [-0.4, -0.2) is 58.8 Å². The zero-order chi connectivity index (χ0) is 19.4. The highest BCUT2D eigenvalue weighted by Crippen LogP contribution is 2.31. The van der Waals surface area contributed by atoms with Crippen molar-refractivity contribution in [3.05, 3.63) is 59.7 Å². The first kappa shape index (κ1) is 18.5. The summed E-state index contributed by atoms with van der Waals surface area (Å²) in [7, 11) is 0. The van der Waals surface area contributed by atoms with Crippen LogP contribution in [0.5, 0.6) is 0 Å². The van der Waals surface area contributed by atoms with Crippen LogP contribution in [-0.2, 0) is 16.0 Å². The molecule has 0 aliphatic carbocycles. The van der Waals surface area contributed by atoms with E-state index in [1.807, 2.05) is 12.1 Å². The molecule has 0 bridgehead atoms. The topological polar surface area (TPSA) is 93.7 Å². The van der Waals surface area contributed by atoms with Crippen molar-refractivity contribution in [1.82, 2.24) is 20.2 Å². The zero-order valence-electron chi connectivity index (χ0n) is 15.5. The van der Waals surface area contributed by atoms with Gasteiger partial charge in [0.05, 0.1) is 24.3 Å². The highest BCUT2D eigenvalue weighted by Gasteiger charge is 2.40. The second-order valence-electron chi connectivity index (χ2n) is 6.90. The number of likely N-dealkylation sites (tertiary alicyclic amines) is 1. The molecule has 28 heavy (non-hydrogen) atoms. The van der Waals surface area contributed by atoms with Crippen molar-refractivity contribution < 1.29 is 19.1 Å². The van der Waals surface area contributed by atoms with Gasteiger partial charge in [-0.3, -0.25) is 19.6 Å². The van der Waals surface area contributed by atoms with Gasteiger partial charge < -0.3 is 19.7 Å². The predicted molar refractivity (Wildman–Crippen MR) is 99.4 cm³/mol. The number of rotatable bonds is 4. The molecule has 8 heteroatoms. The van der Waals surface area contributed by atoms with E-state index in [1.54, 1.807) is 23.4 Å². The Morgan fingerprint density at radius 3 is 2.43 bits per heavy atom. The fraction of sp³-hybridized carbons (Fsp3) is 0.400. The molecule has 0 saturated carbocycles. The maximum atomic E-state index is 12.8. The van der Waals surface area contributed by atoms with E-state index in [-0.39, 0.29) is 11.8 Å². The number of amides is 2. The van der Waals surface area contributed by atoms with E-state index < -0.39 is 5.79 Å². The molecule has 2 aliphatic rings. The van der Waals surface area contributed by atoms with Crippen molar-refractivity contribution in [1.29, 1.82) is 0 Å². The van der Waals surface area contributed by atoms with Gasteiger partial charge in [0.1, 0.15) is 0 Å². The van der Waals surface area contributed by atoms with Crippen LogP contribution < -0.4 is 5.32 Å². The lowest BCUT2D eigenvalue weighted by Crippen LogP contribution is -2.47. The number of carbonyl (C=O) groups excluding carboxylic acids is 2. The number of carbonyl (C=O) groups is 2. The number of piperidine rings is 1. The third-order valence-electron chi connectivity index (χ3n) is 5.08. The summed E-state index contributed by atoms with van der Waals surface area (Å²) in [5, 5.41) is 2.83. The number of hydrogen-bond acceptors (Lipinski definition) is 6. The maximum Gasteiger partial charge on any atom is 0.255 e. The molecule has 2 aliphatic heterocycles. The zero-order valence-corrected chi connectivity index (χ0v) is 15.5. The summed E-state index contributed by atoms with van der Waals surface area (Å²) in [5.74, 6) is -0.933. The minimum absolute atomic E-state index is 0.135. The van der Waals surface area contributed by atoms with Gasteiger partial charge in [-0.05, 0) is 23.8 Å².